The Labute approximate surface area is 109 Å². The Morgan fingerprint density at radius 3 is 2.42 bits per heavy atom. The van der Waals surface area contributed by atoms with Crippen LogP contribution >= 0.6 is 11.3 Å². The van der Waals surface area contributed by atoms with Gasteiger partial charge in [0.2, 0.25) is 5.13 Å². The van der Waals surface area contributed by atoms with Crippen molar-refractivity contribution in [3.8, 4) is 5.13 Å². The molecule has 0 saturated heterocycles. The van der Waals surface area contributed by atoms with Gasteiger partial charge in [0.15, 0.2) is 17.7 Å². The monoisotopic (exact) mass is 291 g/mol. The van der Waals surface area contributed by atoms with Crippen LogP contribution in [0.15, 0.2) is 0 Å². The highest BCUT2D eigenvalue weighted by molar-refractivity contribution is 7.13. The van der Waals surface area contributed by atoms with Gasteiger partial charge < -0.3 is 0 Å². The summed E-state index contributed by atoms with van der Waals surface area (Å²) < 4.78 is 39.1. The van der Waals surface area contributed by atoms with Gasteiger partial charge in [0.25, 0.3) is 0 Å². The zero-order valence-electron chi connectivity index (χ0n) is 9.84. The maximum absolute atomic E-state index is 12.9. The number of aromatic nitrogens is 5. The van der Waals surface area contributed by atoms with Gasteiger partial charge in [-0.3, -0.25) is 4.79 Å². The van der Waals surface area contributed by atoms with Crippen molar-refractivity contribution in [3.63, 3.8) is 0 Å². The zero-order chi connectivity index (χ0) is 14.2. The molecule has 0 aliphatic carbocycles. The molecule has 0 aromatic carbocycles. The van der Waals surface area contributed by atoms with E-state index in [1.54, 1.807) is 0 Å². The van der Waals surface area contributed by atoms with Crippen molar-refractivity contribution >= 4 is 17.6 Å². The number of carbonyl (C=O) groups is 1. The predicted molar refractivity (Wildman–Crippen MR) is 59.3 cm³/mol. The molecule has 19 heavy (non-hydrogen) atoms. The first-order valence-electron chi connectivity index (χ1n) is 5.16. The maximum Gasteiger partial charge on any atom is 0.435 e. The third-order valence-corrected chi connectivity index (χ3v) is 3.38. The molecule has 0 unspecified atom stereocenters. The van der Waals surface area contributed by atoms with Crippen LogP contribution in [-0.2, 0) is 6.18 Å². The van der Waals surface area contributed by atoms with E-state index in [1.165, 1.54) is 0 Å². The largest absolute Gasteiger partial charge is 0.435 e. The van der Waals surface area contributed by atoms with Gasteiger partial charge in [-0.2, -0.15) is 17.9 Å². The summed E-state index contributed by atoms with van der Waals surface area (Å²) in [6.45, 7) is 3.68. The molecule has 0 spiro atoms. The molecular formula is C9H8F3N5OS. The van der Waals surface area contributed by atoms with E-state index in [2.05, 4.69) is 20.5 Å². The van der Waals surface area contributed by atoms with Crippen molar-refractivity contribution in [3.05, 3.63) is 16.4 Å². The number of halogens is 3. The third kappa shape index (κ3) is 2.48. The molecule has 0 aliphatic rings. The fraction of sp³-hybridized carbons (Fsp3) is 0.444. The SMILES string of the molecule is CC(C)c1nnc(-n2nnc(C=O)c2C(F)(F)F)s1. The molecule has 0 fully saturated rings. The maximum atomic E-state index is 12.9. The summed E-state index contributed by atoms with van der Waals surface area (Å²) in [5.74, 6) is 0.0367. The van der Waals surface area contributed by atoms with E-state index in [-0.39, 0.29) is 17.3 Å². The van der Waals surface area contributed by atoms with Crippen molar-refractivity contribution in [1.29, 1.82) is 0 Å². The first-order chi connectivity index (χ1) is 8.84. The molecule has 0 bridgehead atoms. The summed E-state index contributed by atoms with van der Waals surface area (Å²) in [5.41, 5.74) is -2.01. The van der Waals surface area contributed by atoms with Crippen molar-refractivity contribution in [2.24, 2.45) is 0 Å². The average Bonchev–Trinajstić information content (AvgIpc) is 2.94. The van der Waals surface area contributed by atoms with Gasteiger partial charge in [-0.1, -0.05) is 30.4 Å². The highest BCUT2D eigenvalue weighted by atomic mass is 32.1. The third-order valence-electron chi connectivity index (χ3n) is 2.18. The van der Waals surface area contributed by atoms with E-state index in [0.29, 0.717) is 9.69 Å². The van der Waals surface area contributed by atoms with Crippen molar-refractivity contribution < 1.29 is 18.0 Å². The smallest absolute Gasteiger partial charge is 0.296 e. The first kappa shape index (κ1) is 13.6. The average molecular weight is 291 g/mol. The van der Waals surface area contributed by atoms with E-state index in [0.717, 1.165) is 11.3 Å². The van der Waals surface area contributed by atoms with Gasteiger partial charge in [-0.25, -0.2) is 0 Å². The van der Waals surface area contributed by atoms with E-state index >= 15 is 0 Å². The van der Waals surface area contributed by atoms with E-state index in [4.69, 9.17) is 0 Å². The highest BCUT2D eigenvalue weighted by Crippen LogP contribution is 2.33. The number of hydrogen-bond acceptors (Lipinski definition) is 6. The summed E-state index contributed by atoms with van der Waals surface area (Å²) >= 11 is 0.970. The number of rotatable bonds is 3. The molecule has 0 amide bonds. The quantitative estimate of drug-likeness (QED) is 0.809. The zero-order valence-corrected chi connectivity index (χ0v) is 10.7. The molecule has 2 rings (SSSR count). The van der Waals surface area contributed by atoms with Crippen molar-refractivity contribution in [2.75, 3.05) is 0 Å². The second-order valence-electron chi connectivity index (χ2n) is 3.93. The van der Waals surface area contributed by atoms with Crippen LogP contribution in [0.25, 0.3) is 5.13 Å². The summed E-state index contributed by atoms with van der Waals surface area (Å²) in [6, 6.07) is 0. The molecule has 10 heteroatoms. The Kier molecular flexibility index (Phi) is 3.35. The fourth-order valence-electron chi connectivity index (χ4n) is 1.32. The summed E-state index contributed by atoms with van der Waals surface area (Å²) in [6.07, 6.45) is -4.74. The van der Waals surface area contributed by atoms with Crippen LogP contribution in [0.2, 0.25) is 0 Å². The van der Waals surface area contributed by atoms with E-state index < -0.39 is 17.6 Å². The summed E-state index contributed by atoms with van der Waals surface area (Å²) in [5, 5.41) is 14.4. The minimum absolute atomic E-state index is 0.0106. The van der Waals surface area contributed by atoms with Crippen LogP contribution in [0.3, 0.4) is 0 Å². The molecule has 2 heterocycles. The number of alkyl halides is 3. The van der Waals surface area contributed by atoms with Crippen LogP contribution in [0.1, 0.15) is 41.0 Å². The van der Waals surface area contributed by atoms with Crippen molar-refractivity contribution in [2.45, 2.75) is 25.9 Å². The lowest BCUT2D eigenvalue weighted by molar-refractivity contribution is -0.143. The van der Waals surface area contributed by atoms with Crippen molar-refractivity contribution in [1.82, 2.24) is 25.2 Å². The molecule has 102 valence electrons. The normalized spacial score (nSPS) is 12.1. The topological polar surface area (TPSA) is 73.6 Å². The minimum atomic E-state index is -4.75. The summed E-state index contributed by atoms with van der Waals surface area (Å²) in [4.78, 5) is 10.6. The second-order valence-corrected chi connectivity index (χ2v) is 4.92. The van der Waals surface area contributed by atoms with Crippen LogP contribution in [0, 0.1) is 0 Å². The minimum Gasteiger partial charge on any atom is -0.296 e. The highest BCUT2D eigenvalue weighted by Gasteiger charge is 2.40. The lowest BCUT2D eigenvalue weighted by Crippen LogP contribution is -2.15. The molecule has 0 atom stereocenters. The van der Waals surface area contributed by atoms with Gasteiger partial charge in [-0.05, 0) is 0 Å². The number of hydrogen-bond donors (Lipinski definition) is 0. The second kappa shape index (κ2) is 4.68. The number of carbonyl (C=O) groups excluding carboxylic acids is 1. The van der Waals surface area contributed by atoms with Crippen LogP contribution in [0.4, 0.5) is 13.2 Å². The Balaban J connectivity index is 2.56. The molecule has 0 radical (unpaired) electrons. The standard InChI is InChI=1S/C9H8F3N5OS/c1-4(2)7-14-15-8(19-7)17-6(9(10,11)12)5(3-18)13-16-17/h3-4H,1-2H3. The van der Waals surface area contributed by atoms with Gasteiger partial charge in [0.1, 0.15) is 5.01 Å². The van der Waals surface area contributed by atoms with E-state index in [9.17, 15) is 18.0 Å². The van der Waals surface area contributed by atoms with Gasteiger partial charge >= 0.3 is 6.18 Å². The Morgan fingerprint density at radius 1 is 1.26 bits per heavy atom. The molecule has 6 nitrogen and oxygen atoms in total. The first-order valence-corrected chi connectivity index (χ1v) is 5.98. The van der Waals surface area contributed by atoms with Crippen LogP contribution in [-0.4, -0.2) is 31.5 Å². The predicted octanol–water partition coefficient (Wildman–Crippen LogP) is 2.07. The van der Waals surface area contributed by atoms with Gasteiger partial charge in [-0.15, -0.1) is 15.3 Å². The van der Waals surface area contributed by atoms with Gasteiger partial charge in [0.05, 0.1) is 0 Å². The molecule has 2 aromatic heterocycles. The van der Waals surface area contributed by atoms with Crippen LogP contribution in [0.5, 0.6) is 0 Å². The lowest BCUT2D eigenvalue weighted by Gasteiger charge is -2.06. The number of nitrogens with zero attached hydrogens (tertiary/aromatic N) is 5. The molecular weight excluding hydrogens is 283 g/mol. The fourth-order valence-corrected chi connectivity index (χ4v) is 2.12. The molecule has 0 N–H and O–H groups in total. The lowest BCUT2D eigenvalue weighted by atomic mass is 10.2. The molecule has 0 saturated carbocycles. The number of aldehydes is 1. The Hall–Kier alpha value is -1.84. The molecule has 2 aromatic rings. The Morgan fingerprint density at radius 2 is 1.95 bits per heavy atom. The molecule has 0 aliphatic heterocycles. The van der Waals surface area contributed by atoms with E-state index in [1.807, 2.05) is 13.8 Å². The van der Waals surface area contributed by atoms with Gasteiger partial charge in [0, 0.05) is 5.92 Å². The summed E-state index contributed by atoms with van der Waals surface area (Å²) in [7, 11) is 0. The van der Waals surface area contributed by atoms with Crippen LogP contribution < -0.4 is 0 Å². The Bertz CT molecular complexity index is 603.